The second kappa shape index (κ2) is 4.65. The van der Waals surface area contributed by atoms with Crippen LogP contribution in [-0.4, -0.2) is 16.7 Å². The van der Waals surface area contributed by atoms with Gasteiger partial charge in [0.1, 0.15) is 0 Å². The Balaban J connectivity index is 1.53. The van der Waals surface area contributed by atoms with Crippen LogP contribution in [0.2, 0.25) is 0 Å². The zero-order valence-corrected chi connectivity index (χ0v) is 12.1. The third-order valence-electron chi connectivity index (χ3n) is 5.60. The smallest absolute Gasteiger partial charge is 0.269 e. The molecule has 4 bridgehead atoms. The third kappa shape index (κ3) is 2.37. The molecule has 0 aromatic heterocycles. The molecule has 4 aliphatic rings. The number of nitro benzene ring substituents is 1. The fourth-order valence-electron chi connectivity index (χ4n) is 5.12. The highest BCUT2D eigenvalue weighted by molar-refractivity contribution is 5.80. The van der Waals surface area contributed by atoms with E-state index in [1.54, 1.807) is 24.3 Å². The first-order valence-corrected chi connectivity index (χ1v) is 7.92. The molecule has 4 saturated carbocycles. The number of nitrogens with zero attached hydrogens (tertiary/aromatic N) is 2. The minimum absolute atomic E-state index is 0.141. The van der Waals surface area contributed by atoms with Crippen LogP contribution in [0, 0.1) is 27.9 Å². The summed E-state index contributed by atoms with van der Waals surface area (Å²) in [6, 6.07) is 6.70. The maximum atomic E-state index is 10.7. The molecular formula is C17H20N2O2. The highest BCUT2D eigenvalue weighted by atomic mass is 16.6. The zero-order chi connectivity index (χ0) is 14.4. The van der Waals surface area contributed by atoms with Crippen LogP contribution in [0.3, 0.4) is 0 Å². The highest BCUT2D eigenvalue weighted by Crippen LogP contribution is 2.57. The number of rotatable bonds is 3. The normalized spacial score (nSPS) is 37.2. The summed E-state index contributed by atoms with van der Waals surface area (Å²) < 4.78 is 0. The molecule has 1 aromatic rings. The average molecular weight is 284 g/mol. The molecule has 0 saturated heterocycles. The fourth-order valence-corrected chi connectivity index (χ4v) is 5.12. The maximum absolute atomic E-state index is 10.7. The quantitative estimate of drug-likeness (QED) is 0.479. The summed E-state index contributed by atoms with van der Waals surface area (Å²) in [4.78, 5) is 15.3. The van der Waals surface area contributed by atoms with Gasteiger partial charge in [-0.2, -0.15) is 0 Å². The van der Waals surface area contributed by atoms with Crippen molar-refractivity contribution in [2.75, 3.05) is 0 Å². The number of hydrogen-bond donors (Lipinski definition) is 0. The Kier molecular flexibility index (Phi) is 2.88. The van der Waals surface area contributed by atoms with E-state index < -0.39 is 0 Å². The molecule has 0 heterocycles. The molecule has 110 valence electrons. The first-order chi connectivity index (χ1) is 10.1. The Morgan fingerprint density at radius 1 is 1.05 bits per heavy atom. The summed E-state index contributed by atoms with van der Waals surface area (Å²) >= 11 is 0. The van der Waals surface area contributed by atoms with Crippen molar-refractivity contribution in [1.82, 2.24) is 0 Å². The average Bonchev–Trinajstić information content (AvgIpc) is 2.44. The summed E-state index contributed by atoms with van der Waals surface area (Å²) in [5.74, 6) is 2.68. The Hall–Kier alpha value is -1.71. The van der Waals surface area contributed by atoms with Gasteiger partial charge >= 0.3 is 0 Å². The predicted molar refractivity (Wildman–Crippen MR) is 81.6 cm³/mol. The highest BCUT2D eigenvalue weighted by Gasteiger charge is 2.50. The van der Waals surface area contributed by atoms with Crippen molar-refractivity contribution < 1.29 is 4.92 Å². The van der Waals surface area contributed by atoms with Crippen molar-refractivity contribution in [1.29, 1.82) is 0 Å². The third-order valence-corrected chi connectivity index (χ3v) is 5.60. The standard InChI is InChI=1S/C17H20N2O2/c20-19(21)16-3-1-12(2-4-16)11-18-17-8-13-5-14(9-17)7-15(6-13)10-17/h1-4,11,13-15H,5-10H2. The van der Waals surface area contributed by atoms with Gasteiger partial charge in [-0.25, -0.2) is 0 Å². The maximum Gasteiger partial charge on any atom is 0.269 e. The van der Waals surface area contributed by atoms with Crippen molar-refractivity contribution >= 4 is 11.9 Å². The molecule has 0 atom stereocenters. The zero-order valence-electron chi connectivity index (χ0n) is 12.1. The van der Waals surface area contributed by atoms with E-state index in [1.807, 2.05) is 6.21 Å². The second-order valence-electron chi connectivity index (χ2n) is 7.25. The van der Waals surface area contributed by atoms with E-state index in [4.69, 9.17) is 4.99 Å². The summed E-state index contributed by atoms with van der Waals surface area (Å²) in [7, 11) is 0. The van der Waals surface area contributed by atoms with Crippen LogP contribution in [0.1, 0.15) is 44.1 Å². The topological polar surface area (TPSA) is 55.5 Å². The largest absolute Gasteiger partial charge is 0.286 e. The lowest BCUT2D eigenvalue weighted by Gasteiger charge is -2.54. The molecular weight excluding hydrogens is 264 g/mol. The number of nitro groups is 1. The molecule has 4 heteroatoms. The minimum Gasteiger partial charge on any atom is -0.286 e. The lowest BCUT2D eigenvalue weighted by atomic mass is 9.53. The Bertz CT molecular complexity index is 556. The molecule has 0 N–H and O–H groups in total. The van der Waals surface area contributed by atoms with E-state index in [-0.39, 0.29) is 16.1 Å². The van der Waals surface area contributed by atoms with Crippen LogP contribution in [0.5, 0.6) is 0 Å². The van der Waals surface area contributed by atoms with Gasteiger partial charge in [0.2, 0.25) is 0 Å². The van der Waals surface area contributed by atoms with Crippen molar-refractivity contribution in [3.8, 4) is 0 Å². The number of non-ortho nitro benzene ring substituents is 1. The lowest BCUT2D eigenvalue weighted by Crippen LogP contribution is -2.49. The number of hydrogen-bond acceptors (Lipinski definition) is 3. The molecule has 1 aromatic carbocycles. The van der Waals surface area contributed by atoms with E-state index in [0.717, 1.165) is 23.3 Å². The molecule has 5 rings (SSSR count). The Morgan fingerprint density at radius 3 is 2.05 bits per heavy atom. The van der Waals surface area contributed by atoms with Gasteiger partial charge in [0.25, 0.3) is 5.69 Å². The predicted octanol–water partition coefficient (Wildman–Crippen LogP) is 3.98. The van der Waals surface area contributed by atoms with Gasteiger partial charge in [-0.05, 0) is 74.0 Å². The molecule has 4 fully saturated rings. The first kappa shape index (κ1) is 13.0. The Labute approximate surface area is 124 Å². The molecule has 0 aliphatic heterocycles. The van der Waals surface area contributed by atoms with Crippen LogP contribution < -0.4 is 0 Å². The van der Waals surface area contributed by atoms with E-state index in [1.165, 1.54) is 38.5 Å². The van der Waals surface area contributed by atoms with Crippen molar-refractivity contribution in [2.45, 2.75) is 44.1 Å². The van der Waals surface area contributed by atoms with Gasteiger partial charge in [0, 0.05) is 18.3 Å². The van der Waals surface area contributed by atoms with Gasteiger partial charge in [0.05, 0.1) is 10.5 Å². The van der Waals surface area contributed by atoms with E-state index in [0.29, 0.717) is 0 Å². The van der Waals surface area contributed by atoms with Crippen molar-refractivity contribution in [3.63, 3.8) is 0 Å². The van der Waals surface area contributed by atoms with Gasteiger partial charge in [-0.15, -0.1) is 0 Å². The van der Waals surface area contributed by atoms with E-state index >= 15 is 0 Å². The minimum atomic E-state index is -0.361. The molecule has 4 nitrogen and oxygen atoms in total. The number of benzene rings is 1. The van der Waals surface area contributed by atoms with Crippen molar-refractivity contribution in [3.05, 3.63) is 39.9 Å². The summed E-state index contributed by atoms with van der Waals surface area (Å²) in [5, 5.41) is 10.7. The summed E-state index contributed by atoms with van der Waals surface area (Å²) in [6.07, 6.45) is 9.97. The van der Waals surface area contributed by atoms with Gasteiger partial charge in [-0.1, -0.05) is 0 Å². The molecule has 0 amide bonds. The van der Waals surface area contributed by atoms with Crippen LogP contribution >= 0.6 is 0 Å². The number of aliphatic imine (C=N–C) groups is 1. The summed E-state index contributed by atoms with van der Waals surface area (Å²) in [6.45, 7) is 0. The molecule has 21 heavy (non-hydrogen) atoms. The van der Waals surface area contributed by atoms with Crippen LogP contribution in [-0.2, 0) is 0 Å². The fraction of sp³-hybridized carbons (Fsp3) is 0.588. The molecule has 0 unspecified atom stereocenters. The van der Waals surface area contributed by atoms with E-state index in [9.17, 15) is 10.1 Å². The molecule has 0 radical (unpaired) electrons. The Morgan fingerprint density at radius 2 is 1.57 bits per heavy atom. The van der Waals surface area contributed by atoms with Crippen LogP contribution in [0.25, 0.3) is 0 Å². The van der Waals surface area contributed by atoms with Crippen LogP contribution in [0.4, 0.5) is 5.69 Å². The monoisotopic (exact) mass is 284 g/mol. The lowest BCUT2D eigenvalue weighted by molar-refractivity contribution is -0.384. The van der Waals surface area contributed by atoms with Gasteiger partial charge < -0.3 is 0 Å². The molecule has 0 spiro atoms. The van der Waals surface area contributed by atoms with Crippen LogP contribution in [0.15, 0.2) is 29.3 Å². The first-order valence-electron chi connectivity index (χ1n) is 7.92. The second-order valence-corrected chi connectivity index (χ2v) is 7.25. The SMILES string of the molecule is O=[N+]([O-])c1ccc(C=NC23CC4CC(CC(C4)C2)C3)cc1. The molecule has 4 aliphatic carbocycles. The van der Waals surface area contributed by atoms with Crippen molar-refractivity contribution in [2.24, 2.45) is 22.7 Å². The van der Waals surface area contributed by atoms with E-state index in [2.05, 4.69) is 0 Å². The van der Waals surface area contributed by atoms with Gasteiger partial charge in [0.15, 0.2) is 0 Å². The summed E-state index contributed by atoms with van der Waals surface area (Å²) in [5.41, 5.74) is 1.29. The van der Waals surface area contributed by atoms with Gasteiger partial charge in [-0.3, -0.25) is 15.1 Å².